The number of alkyl halides is 3. The second-order valence-electron chi connectivity index (χ2n) is 4.54. The quantitative estimate of drug-likeness (QED) is 0.531. The number of hydrogen-bond acceptors (Lipinski definition) is 3. The van der Waals surface area contributed by atoms with Crippen LogP contribution in [-0.2, 0) is 14.4 Å². The lowest BCUT2D eigenvalue weighted by molar-refractivity contribution is -0.158. The van der Waals surface area contributed by atoms with E-state index in [4.69, 9.17) is 0 Å². The molecule has 0 aromatic carbocycles. The minimum atomic E-state index is -0.0696. The van der Waals surface area contributed by atoms with Gasteiger partial charge in [0.05, 0.1) is 20.0 Å². The molecule has 0 aromatic rings. The number of nitrogens with zero attached hydrogens (tertiary/aromatic N) is 3. The van der Waals surface area contributed by atoms with Gasteiger partial charge >= 0.3 is 0 Å². The molecule has 0 aliphatic carbocycles. The minimum Gasteiger partial charge on any atom is -0.307 e. The van der Waals surface area contributed by atoms with Gasteiger partial charge in [0.1, 0.15) is 0 Å². The molecule has 120 valence electrons. The Morgan fingerprint density at radius 2 is 0.857 bits per heavy atom. The fourth-order valence-corrected chi connectivity index (χ4v) is 2.96. The van der Waals surface area contributed by atoms with E-state index in [1.165, 1.54) is 0 Å². The zero-order valence-corrected chi connectivity index (χ0v) is 16.3. The summed E-state index contributed by atoms with van der Waals surface area (Å²) in [5.74, 6) is -0.209. The third kappa shape index (κ3) is 5.86. The molecule has 1 aliphatic rings. The van der Waals surface area contributed by atoms with Crippen LogP contribution in [0, 0.1) is 0 Å². The maximum Gasteiger partial charge on any atom is 0.226 e. The highest BCUT2D eigenvalue weighted by molar-refractivity contribution is 9.09. The molecule has 1 fully saturated rings. The second kappa shape index (κ2) is 9.78. The van der Waals surface area contributed by atoms with Crippen molar-refractivity contribution >= 4 is 65.5 Å². The first-order chi connectivity index (χ1) is 10.0. The van der Waals surface area contributed by atoms with Crippen LogP contribution in [0.3, 0.4) is 0 Å². The molecule has 6 nitrogen and oxygen atoms in total. The Morgan fingerprint density at radius 3 is 1.05 bits per heavy atom. The first-order valence-corrected chi connectivity index (χ1v) is 9.91. The molecule has 0 atom stereocenters. The van der Waals surface area contributed by atoms with E-state index in [1.54, 1.807) is 14.7 Å². The first-order valence-electron chi connectivity index (χ1n) is 6.54. The van der Waals surface area contributed by atoms with Gasteiger partial charge in [0.25, 0.3) is 0 Å². The zero-order chi connectivity index (χ0) is 15.8. The van der Waals surface area contributed by atoms with Crippen LogP contribution >= 0.6 is 47.8 Å². The van der Waals surface area contributed by atoms with Gasteiger partial charge in [-0.2, -0.15) is 0 Å². The molecule has 9 heteroatoms. The van der Waals surface area contributed by atoms with Crippen LogP contribution < -0.4 is 0 Å². The lowest BCUT2D eigenvalue weighted by atomic mass is 10.3. The van der Waals surface area contributed by atoms with Crippen molar-refractivity contribution in [2.45, 2.75) is 19.3 Å². The van der Waals surface area contributed by atoms with Crippen LogP contribution in [-0.4, -0.2) is 68.4 Å². The standard InChI is InChI=1S/C12H18Br3N3O3/c13-4-1-10(19)16-7-17(11(20)2-5-14)9-18(8-16)12(21)3-6-15/h1-9H2. The summed E-state index contributed by atoms with van der Waals surface area (Å²) in [4.78, 5) is 40.8. The highest BCUT2D eigenvalue weighted by Crippen LogP contribution is 2.13. The van der Waals surface area contributed by atoms with Crippen LogP contribution in [0.1, 0.15) is 19.3 Å². The lowest BCUT2D eigenvalue weighted by Crippen LogP contribution is -2.59. The predicted octanol–water partition coefficient (Wildman–Crippen LogP) is 1.71. The molecular formula is C12H18Br3N3O3. The number of carbonyl (C=O) groups excluding carboxylic acids is 3. The Morgan fingerprint density at radius 1 is 0.619 bits per heavy atom. The third-order valence-electron chi connectivity index (χ3n) is 3.01. The molecule has 0 aromatic heterocycles. The molecule has 21 heavy (non-hydrogen) atoms. The van der Waals surface area contributed by atoms with Crippen LogP contribution in [0.4, 0.5) is 0 Å². The number of amides is 3. The molecule has 0 saturated carbocycles. The summed E-state index contributed by atoms with van der Waals surface area (Å²) in [7, 11) is 0. The van der Waals surface area contributed by atoms with Gasteiger partial charge in [0.2, 0.25) is 17.7 Å². The first kappa shape index (κ1) is 18.9. The van der Waals surface area contributed by atoms with E-state index in [1.807, 2.05) is 0 Å². The molecule has 0 N–H and O–H groups in total. The molecule has 0 spiro atoms. The summed E-state index contributed by atoms with van der Waals surface area (Å²) in [6.07, 6.45) is 1.04. The summed E-state index contributed by atoms with van der Waals surface area (Å²) in [6, 6.07) is 0. The fraction of sp³-hybridized carbons (Fsp3) is 0.750. The molecule has 0 bridgehead atoms. The zero-order valence-electron chi connectivity index (χ0n) is 11.6. The Labute approximate surface area is 149 Å². The number of hydrogen-bond donors (Lipinski definition) is 0. The van der Waals surface area contributed by atoms with Crippen molar-refractivity contribution in [2.75, 3.05) is 36.0 Å². The van der Waals surface area contributed by atoms with Gasteiger partial charge in [-0.05, 0) is 0 Å². The largest absolute Gasteiger partial charge is 0.307 e. The van der Waals surface area contributed by atoms with Gasteiger partial charge < -0.3 is 14.7 Å². The predicted molar refractivity (Wildman–Crippen MR) is 90.4 cm³/mol. The average Bonchev–Trinajstić information content (AvgIpc) is 2.47. The topological polar surface area (TPSA) is 60.9 Å². The molecule has 0 radical (unpaired) electrons. The van der Waals surface area contributed by atoms with E-state index in [0.29, 0.717) is 35.3 Å². The van der Waals surface area contributed by atoms with Crippen molar-refractivity contribution in [1.82, 2.24) is 14.7 Å². The summed E-state index contributed by atoms with van der Waals surface area (Å²) < 4.78 is 0. The van der Waals surface area contributed by atoms with Gasteiger partial charge in [0.15, 0.2) is 0 Å². The average molecular weight is 492 g/mol. The van der Waals surface area contributed by atoms with Crippen molar-refractivity contribution in [3.63, 3.8) is 0 Å². The van der Waals surface area contributed by atoms with E-state index in [0.717, 1.165) is 0 Å². The number of halogens is 3. The smallest absolute Gasteiger partial charge is 0.226 e. The summed E-state index contributed by atoms with van der Waals surface area (Å²) >= 11 is 9.70. The molecule has 1 saturated heterocycles. The van der Waals surface area contributed by atoms with Gasteiger partial charge in [-0.3, -0.25) is 14.4 Å². The van der Waals surface area contributed by atoms with E-state index in [-0.39, 0.29) is 37.7 Å². The summed E-state index contributed by atoms with van der Waals surface area (Å²) in [5, 5.41) is 1.69. The Kier molecular flexibility index (Phi) is 8.80. The Balaban J connectivity index is 2.79. The van der Waals surface area contributed by atoms with Gasteiger partial charge in [-0.15, -0.1) is 0 Å². The van der Waals surface area contributed by atoms with E-state index in [9.17, 15) is 14.4 Å². The molecule has 1 aliphatic heterocycles. The number of rotatable bonds is 6. The van der Waals surface area contributed by atoms with Gasteiger partial charge in [0, 0.05) is 35.3 Å². The molecular weight excluding hydrogens is 474 g/mol. The van der Waals surface area contributed by atoms with E-state index in [2.05, 4.69) is 47.8 Å². The third-order valence-corrected chi connectivity index (χ3v) is 4.20. The lowest BCUT2D eigenvalue weighted by Gasteiger charge is -2.42. The molecule has 1 rings (SSSR count). The summed E-state index contributed by atoms with van der Waals surface area (Å²) in [5.41, 5.74) is 0. The van der Waals surface area contributed by atoms with Gasteiger partial charge in [-0.25, -0.2) is 0 Å². The molecule has 1 heterocycles. The second-order valence-corrected chi connectivity index (χ2v) is 6.92. The van der Waals surface area contributed by atoms with Crippen molar-refractivity contribution in [1.29, 1.82) is 0 Å². The van der Waals surface area contributed by atoms with Crippen molar-refractivity contribution in [3.8, 4) is 0 Å². The van der Waals surface area contributed by atoms with Crippen molar-refractivity contribution in [3.05, 3.63) is 0 Å². The van der Waals surface area contributed by atoms with Crippen LogP contribution in [0.15, 0.2) is 0 Å². The monoisotopic (exact) mass is 489 g/mol. The van der Waals surface area contributed by atoms with Crippen LogP contribution in [0.25, 0.3) is 0 Å². The highest BCUT2D eigenvalue weighted by Gasteiger charge is 2.30. The SMILES string of the molecule is O=C(CCBr)N1CN(C(=O)CCBr)CN(C(=O)CCBr)C1. The Bertz CT molecular complexity index is 332. The normalized spacial score (nSPS) is 15.3. The van der Waals surface area contributed by atoms with E-state index >= 15 is 0 Å². The van der Waals surface area contributed by atoms with Crippen molar-refractivity contribution in [2.24, 2.45) is 0 Å². The maximum absolute atomic E-state index is 12.1. The van der Waals surface area contributed by atoms with Gasteiger partial charge in [-0.1, -0.05) is 47.8 Å². The summed E-state index contributed by atoms with van der Waals surface area (Å²) in [6.45, 7) is 0.737. The molecule has 0 unspecified atom stereocenters. The van der Waals surface area contributed by atoms with Crippen molar-refractivity contribution < 1.29 is 14.4 Å². The number of carbonyl (C=O) groups is 3. The minimum absolute atomic E-state index is 0.0696. The molecule has 3 amide bonds. The van der Waals surface area contributed by atoms with Crippen LogP contribution in [0.2, 0.25) is 0 Å². The Hall–Kier alpha value is -0.150. The highest BCUT2D eigenvalue weighted by atomic mass is 79.9. The maximum atomic E-state index is 12.1. The van der Waals surface area contributed by atoms with E-state index < -0.39 is 0 Å². The van der Waals surface area contributed by atoms with Crippen LogP contribution in [0.5, 0.6) is 0 Å². The fourth-order valence-electron chi connectivity index (χ4n) is 1.94.